The van der Waals surface area contributed by atoms with Crippen molar-refractivity contribution >= 4 is 34.3 Å². The van der Waals surface area contributed by atoms with Gasteiger partial charge in [0, 0.05) is 17.6 Å². The summed E-state index contributed by atoms with van der Waals surface area (Å²) in [5.41, 5.74) is 0.688. The Labute approximate surface area is 159 Å². The maximum Gasteiger partial charge on any atom is 0.340 e. The number of fused-ring (bicyclic) bond motifs is 1. The zero-order chi connectivity index (χ0) is 19.6. The highest BCUT2D eigenvalue weighted by molar-refractivity contribution is 6.30. The molecule has 8 heteroatoms. The van der Waals surface area contributed by atoms with Crippen LogP contribution >= 0.6 is 11.6 Å². The lowest BCUT2D eigenvalue weighted by Crippen LogP contribution is -2.21. The standard InChI is InChI=1S/C19H17ClN2O5/c1-10-12-6-15(25-2)16(26-3)8-14(12)27-19(24)13(10)7-18(23)22-17-5-4-11(20)9-21-17/h4-6,8-9H,7H2,1-3H3,(H,21,22,23). The van der Waals surface area contributed by atoms with Crippen molar-refractivity contribution in [2.24, 2.45) is 0 Å². The third-order valence-electron chi connectivity index (χ3n) is 4.12. The van der Waals surface area contributed by atoms with E-state index in [1.807, 2.05) is 0 Å². The molecule has 0 atom stereocenters. The zero-order valence-electron chi connectivity index (χ0n) is 15.0. The van der Waals surface area contributed by atoms with Crippen molar-refractivity contribution in [1.82, 2.24) is 4.98 Å². The first-order valence-electron chi connectivity index (χ1n) is 8.02. The van der Waals surface area contributed by atoms with Gasteiger partial charge in [-0.3, -0.25) is 4.79 Å². The summed E-state index contributed by atoms with van der Waals surface area (Å²) in [4.78, 5) is 28.7. The van der Waals surface area contributed by atoms with Gasteiger partial charge in [-0.2, -0.15) is 0 Å². The van der Waals surface area contributed by atoms with Gasteiger partial charge in [0.25, 0.3) is 0 Å². The van der Waals surface area contributed by atoms with Crippen LogP contribution in [0.15, 0.2) is 39.7 Å². The minimum Gasteiger partial charge on any atom is -0.493 e. The molecule has 0 unspecified atom stereocenters. The molecule has 0 radical (unpaired) electrons. The van der Waals surface area contributed by atoms with E-state index in [4.69, 9.17) is 25.5 Å². The van der Waals surface area contributed by atoms with Gasteiger partial charge in [0.05, 0.1) is 31.2 Å². The average Bonchev–Trinajstić information content (AvgIpc) is 2.66. The minimum atomic E-state index is -0.577. The lowest BCUT2D eigenvalue weighted by Gasteiger charge is -2.12. The molecule has 0 fully saturated rings. The van der Waals surface area contributed by atoms with E-state index in [1.54, 1.807) is 31.2 Å². The van der Waals surface area contributed by atoms with E-state index in [0.29, 0.717) is 38.9 Å². The average molecular weight is 389 g/mol. The number of rotatable bonds is 5. The fourth-order valence-electron chi connectivity index (χ4n) is 2.72. The van der Waals surface area contributed by atoms with Gasteiger partial charge in [-0.1, -0.05) is 11.6 Å². The minimum absolute atomic E-state index is 0.150. The number of nitrogens with one attached hydrogen (secondary N) is 1. The summed E-state index contributed by atoms with van der Waals surface area (Å²) in [6.45, 7) is 1.76. The largest absolute Gasteiger partial charge is 0.493 e. The molecule has 7 nitrogen and oxygen atoms in total. The molecule has 0 saturated carbocycles. The number of hydrogen-bond donors (Lipinski definition) is 1. The molecule has 2 aromatic heterocycles. The molecule has 2 heterocycles. The second kappa shape index (κ2) is 7.67. The summed E-state index contributed by atoms with van der Waals surface area (Å²) >= 11 is 5.77. The van der Waals surface area contributed by atoms with E-state index in [0.717, 1.165) is 0 Å². The fraction of sp³-hybridized carbons (Fsp3) is 0.211. The Morgan fingerprint density at radius 2 is 1.93 bits per heavy atom. The van der Waals surface area contributed by atoms with Crippen LogP contribution in [0.2, 0.25) is 5.02 Å². The summed E-state index contributed by atoms with van der Waals surface area (Å²) in [5, 5.41) is 3.75. The summed E-state index contributed by atoms with van der Waals surface area (Å²) in [7, 11) is 3.02. The fourth-order valence-corrected chi connectivity index (χ4v) is 2.83. The molecule has 3 aromatic rings. The Balaban J connectivity index is 1.95. The molecule has 140 valence electrons. The van der Waals surface area contributed by atoms with E-state index in [1.165, 1.54) is 20.4 Å². The predicted octanol–water partition coefficient (Wildman–Crippen LogP) is 3.35. The van der Waals surface area contributed by atoms with Crippen LogP contribution in [0.4, 0.5) is 5.82 Å². The van der Waals surface area contributed by atoms with Gasteiger partial charge in [0.15, 0.2) is 11.5 Å². The molecule has 1 N–H and O–H groups in total. The maximum absolute atomic E-state index is 12.4. The number of benzene rings is 1. The van der Waals surface area contributed by atoms with Crippen LogP contribution in [-0.4, -0.2) is 25.1 Å². The maximum atomic E-state index is 12.4. The Kier molecular flexibility index (Phi) is 5.32. The van der Waals surface area contributed by atoms with Gasteiger partial charge >= 0.3 is 5.63 Å². The van der Waals surface area contributed by atoms with Gasteiger partial charge in [0.2, 0.25) is 5.91 Å². The van der Waals surface area contributed by atoms with E-state index in [-0.39, 0.29) is 17.9 Å². The number of ether oxygens (including phenoxy) is 2. The van der Waals surface area contributed by atoms with Gasteiger partial charge in [-0.05, 0) is 30.7 Å². The summed E-state index contributed by atoms with van der Waals surface area (Å²) < 4.78 is 15.9. The molecule has 1 amide bonds. The lowest BCUT2D eigenvalue weighted by atomic mass is 10.0. The third-order valence-corrected chi connectivity index (χ3v) is 4.35. The monoisotopic (exact) mass is 388 g/mol. The van der Waals surface area contributed by atoms with Crippen molar-refractivity contribution in [2.75, 3.05) is 19.5 Å². The van der Waals surface area contributed by atoms with E-state index < -0.39 is 5.63 Å². The number of halogens is 1. The normalized spacial score (nSPS) is 10.7. The number of aryl methyl sites for hydroxylation is 1. The lowest BCUT2D eigenvalue weighted by molar-refractivity contribution is -0.115. The topological polar surface area (TPSA) is 90.7 Å². The predicted molar refractivity (Wildman–Crippen MR) is 102 cm³/mol. The number of pyridine rings is 1. The summed E-state index contributed by atoms with van der Waals surface area (Å²) in [6, 6.07) is 6.49. The highest BCUT2D eigenvalue weighted by Crippen LogP contribution is 2.33. The molecule has 27 heavy (non-hydrogen) atoms. The molecule has 0 aliphatic rings. The smallest absolute Gasteiger partial charge is 0.340 e. The second-order valence-corrected chi connectivity index (χ2v) is 6.22. The first-order valence-corrected chi connectivity index (χ1v) is 8.40. The van der Waals surface area contributed by atoms with Crippen LogP contribution in [-0.2, 0) is 11.2 Å². The number of anilines is 1. The van der Waals surface area contributed by atoms with Crippen molar-refractivity contribution in [3.63, 3.8) is 0 Å². The van der Waals surface area contributed by atoms with Gasteiger partial charge in [-0.25, -0.2) is 9.78 Å². The van der Waals surface area contributed by atoms with E-state index >= 15 is 0 Å². The molecule has 0 bridgehead atoms. The zero-order valence-corrected chi connectivity index (χ0v) is 15.7. The first kappa shape index (κ1) is 18.7. The number of nitrogens with zero attached hydrogens (tertiary/aromatic N) is 1. The molecule has 1 aromatic carbocycles. The van der Waals surface area contributed by atoms with Gasteiger partial charge < -0.3 is 19.2 Å². The van der Waals surface area contributed by atoms with Crippen LogP contribution < -0.4 is 20.4 Å². The van der Waals surface area contributed by atoms with E-state index in [9.17, 15) is 9.59 Å². The Morgan fingerprint density at radius 3 is 2.56 bits per heavy atom. The number of carbonyl (C=O) groups is 1. The van der Waals surface area contributed by atoms with Crippen molar-refractivity contribution < 1.29 is 18.7 Å². The van der Waals surface area contributed by atoms with Crippen LogP contribution in [0.5, 0.6) is 11.5 Å². The van der Waals surface area contributed by atoms with Crippen LogP contribution in [0.25, 0.3) is 11.0 Å². The SMILES string of the molecule is COc1cc2oc(=O)c(CC(=O)Nc3ccc(Cl)cn3)c(C)c2cc1OC. The van der Waals surface area contributed by atoms with Crippen molar-refractivity contribution in [1.29, 1.82) is 0 Å². The Hall–Kier alpha value is -3.06. The number of aromatic nitrogens is 1. The Bertz CT molecular complexity index is 1060. The van der Waals surface area contributed by atoms with Gasteiger partial charge in [0.1, 0.15) is 11.4 Å². The highest BCUT2D eigenvalue weighted by atomic mass is 35.5. The van der Waals surface area contributed by atoms with Crippen LogP contribution in [0.3, 0.4) is 0 Å². The molecule has 0 spiro atoms. The molecule has 3 rings (SSSR count). The Morgan fingerprint density at radius 1 is 1.22 bits per heavy atom. The molecular formula is C19H17ClN2O5. The number of hydrogen-bond acceptors (Lipinski definition) is 6. The molecule has 0 aliphatic heterocycles. The first-order chi connectivity index (χ1) is 12.9. The molecule has 0 saturated heterocycles. The third kappa shape index (κ3) is 3.88. The number of carbonyl (C=O) groups excluding carboxylic acids is 1. The van der Waals surface area contributed by atoms with Crippen molar-refractivity contribution in [2.45, 2.75) is 13.3 Å². The molecular weight excluding hydrogens is 372 g/mol. The summed E-state index contributed by atoms with van der Waals surface area (Å²) in [6.07, 6.45) is 1.27. The summed E-state index contributed by atoms with van der Waals surface area (Å²) in [5.74, 6) is 0.910. The van der Waals surface area contributed by atoms with Crippen molar-refractivity contribution in [3.8, 4) is 11.5 Å². The number of amides is 1. The quantitative estimate of drug-likeness (QED) is 0.674. The van der Waals surface area contributed by atoms with Gasteiger partial charge in [-0.15, -0.1) is 0 Å². The van der Waals surface area contributed by atoms with Crippen LogP contribution in [0, 0.1) is 6.92 Å². The second-order valence-electron chi connectivity index (χ2n) is 5.78. The van der Waals surface area contributed by atoms with Crippen molar-refractivity contribution in [3.05, 3.63) is 57.0 Å². The highest BCUT2D eigenvalue weighted by Gasteiger charge is 2.17. The molecule has 0 aliphatic carbocycles. The number of methoxy groups -OCH3 is 2. The van der Waals surface area contributed by atoms with E-state index in [2.05, 4.69) is 10.3 Å². The van der Waals surface area contributed by atoms with Crippen LogP contribution in [0.1, 0.15) is 11.1 Å².